The standard InChI is InChI=1S/C23H29ClFN3O4S/c1-5-12-26-23(30)17(3)27(14-18-8-6-7-9-20(18)25)22(29)15-28(33(4,31)32)21-13-19(24)11-10-16(21)2/h6-11,13,17H,5,12,14-15H2,1-4H3,(H,26,30)/t17-/m0/s1. The van der Waals surface area contributed by atoms with E-state index in [9.17, 15) is 22.4 Å². The first-order chi connectivity index (χ1) is 15.5. The molecule has 0 radical (unpaired) electrons. The van der Waals surface area contributed by atoms with Gasteiger partial charge >= 0.3 is 0 Å². The van der Waals surface area contributed by atoms with Crippen molar-refractivity contribution >= 4 is 39.1 Å². The van der Waals surface area contributed by atoms with Gasteiger partial charge < -0.3 is 10.2 Å². The molecule has 0 unspecified atom stereocenters. The van der Waals surface area contributed by atoms with Crippen LogP contribution in [-0.4, -0.2) is 50.5 Å². The molecule has 180 valence electrons. The number of rotatable bonds is 10. The molecule has 0 saturated heterocycles. The first-order valence-corrected chi connectivity index (χ1v) is 12.7. The van der Waals surface area contributed by atoms with Gasteiger partial charge in [0.2, 0.25) is 21.8 Å². The molecule has 0 aliphatic rings. The number of halogens is 2. The second-order valence-corrected chi connectivity index (χ2v) is 10.1. The van der Waals surface area contributed by atoms with Crippen molar-refractivity contribution in [3.8, 4) is 0 Å². The summed E-state index contributed by atoms with van der Waals surface area (Å²) in [4.78, 5) is 27.2. The first-order valence-electron chi connectivity index (χ1n) is 10.5. The molecule has 2 aromatic carbocycles. The minimum atomic E-state index is -3.87. The molecule has 1 atom stereocenters. The molecule has 0 saturated carbocycles. The number of carbonyl (C=O) groups excluding carboxylic acids is 2. The molecule has 0 spiro atoms. The molecule has 0 fully saturated rings. The van der Waals surface area contributed by atoms with E-state index in [0.717, 1.165) is 10.6 Å². The summed E-state index contributed by atoms with van der Waals surface area (Å²) in [6, 6.07) is 9.71. The lowest BCUT2D eigenvalue weighted by molar-refractivity contribution is -0.139. The number of benzene rings is 2. The topological polar surface area (TPSA) is 86.8 Å². The van der Waals surface area contributed by atoms with Crippen molar-refractivity contribution in [2.24, 2.45) is 0 Å². The highest BCUT2D eigenvalue weighted by molar-refractivity contribution is 7.92. The van der Waals surface area contributed by atoms with Crippen molar-refractivity contribution in [1.82, 2.24) is 10.2 Å². The largest absolute Gasteiger partial charge is 0.354 e. The Kier molecular flexibility index (Phi) is 9.25. The number of hydrogen-bond donors (Lipinski definition) is 1. The summed E-state index contributed by atoms with van der Waals surface area (Å²) in [6.45, 7) is 4.77. The monoisotopic (exact) mass is 497 g/mol. The van der Waals surface area contributed by atoms with Gasteiger partial charge in [-0.05, 0) is 44.0 Å². The predicted octanol–water partition coefficient (Wildman–Crippen LogP) is 3.50. The maximum absolute atomic E-state index is 14.3. The van der Waals surface area contributed by atoms with Crippen molar-refractivity contribution in [1.29, 1.82) is 0 Å². The number of sulfonamides is 1. The van der Waals surface area contributed by atoms with Crippen LogP contribution in [0.1, 0.15) is 31.4 Å². The Morgan fingerprint density at radius 3 is 2.45 bits per heavy atom. The van der Waals surface area contributed by atoms with Gasteiger partial charge in [-0.15, -0.1) is 0 Å². The van der Waals surface area contributed by atoms with E-state index >= 15 is 0 Å². The zero-order valence-corrected chi connectivity index (χ0v) is 20.7. The second-order valence-electron chi connectivity index (χ2n) is 7.78. The van der Waals surface area contributed by atoms with E-state index in [4.69, 9.17) is 11.6 Å². The molecular weight excluding hydrogens is 469 g/mol. The van der Waals surface area contributed by atoms with E-state index in [-0.39, 0.29) is 17.8 Å². The number of amides is 2. The van der Waals surface area contributed by atoms with Crippen molar-refractivity contribution in [2.45, 2.75) is 39.8 Å². The van der Waals surface area contributed by atoms with Gasteiger partial charge in [0, 0.05) is 23.7 Å². The van der Waals surface area contributed by atoms with Gasteiger partial charge in [0.25, 0.3) is 0 Å². The fourth-order valence-corrected chi connectivity index (χ4v) is 4.30. The van der Waals surface area contributed by atoms with Gasteiger partial charge in [0.1, 0.15) is 18.4 Å². The third-order valence-corrected chi connectivity index (χ3v) is 6.50. The van der Waals surface area contributed by atoms with Gasteiger partial charge in [-0.3, -0.25) is 13.9 Å². The number of nitrogens with one attached hydrogen (secondary N) is 1. The lowest BCUT2D eigenvalue weighted by atomic mass is 10.1. The van der Waals surface area contributed by atoms with Crippen molar-refractivity contribution in [3.05, 3.63) is 64.4 Å². The maximum Gasteiger partial charge on any atom is 0.244 e. The minimum Gasteiger partial charge on any atom is -0.354 e. The first kappa shape index (κ1) is 26.6. The summed E-state index contributed by atoms with van der Waals surface area (Å²) in [5.41, 5.74) is 1.07. The number of hydrogen-bond acceptors (Lipinski definition) is 4. The molecule has 33 heavy (non-hydrogen) atoms. The number of anilines is 1. The Morgan fingerprint density at radius 2 is 1.85 bits per heavy atom. The van der Waals surface area contributed by atoms with E-state index in [1.54, 1.807) is 25.1 Å². The quantitative estimate of drug-likeness (QED) is 0.544. The Morgan fingerprint density at radius 1 is 1.18 bits per heavy atom. The highest BCUT2D eigenvalue weighted by Crippen LogP contribution is 2.26. The van der Waals surface area contributed by atoms with Crippen LogP contribution in [-0.2, 0) is 26.2 Å². The lowest BCUT2D eigenvalue weighted by Gasteiger charge is -2.32. The smallest absolute Gasteiger partial charge is 0.244 e. The highest BCUT2D eigenvalue weighted by atomic mass is 35.5. The molecular formula is C23H29ClFN3O4S. The summed E-state index contributed by atoms with van der Waals surface area (Å²) in [7, 11) is -3.87. The molecule has 1 N–H and O–H groups in total. The van der Waals surface area contributed by atoms with E-state index in [1.807, 2.05) is 6.92 Å². The van der Waals surface area contributed by atoms with E-state index in [0.29, 0.717) is 23.6 Å². The minimum absolute atomic E-state index is 0.196. The van der Waals surface area contributed by atoms with E-state index < -0.39 is 40.2 Å². The number of aryl methyl sites for hydroxylation is 1. The maximum atomic E-state index is 14.3. The van der Waals surface area contributed by atoms with Crippen LogP contribution >= 0.6 is 11.6 Å². The molecule has 10 heteroatoms. The van der Waals surface area contributed by atoms with Gasteiger partial charge in [-0.1, -0.05) is 42.8 Å². The molecule has 2 amide bonds. The fraction of sp³-hybridized carbons (Fsp3) is 0.391. The predicted molar refractivity (Wildman–Crippen MR) is 128 cm³/mol. The van der Waals surface area contributed by atoms with Gasteiger partial charge in [-0.25, -0.2) is 12.8 Å². The molecule has 0 aliphatic heterocycles. The Hall–Kier alpha value is -2.65. The average molecular weight is 498 g/mol. The van der Waals surface area contributed by atoms with Crippen LogP contribution < -0.4 is 9.62 Å². The summed E-state index contributed by atoms with van der Waals surface area (Å²) < 4.78 is 40.4. The summed E-state index contributed by atoms with van der Waals surface area (Å²) >= 11 is 6.06. The van der Waals surface area contributed by atoms with Crippen molar-refractivity contribution < 1.29 is 22.4 Å². The zero-order valence-electron chi connectivity index (χ0n) is 19.1. The molecule has 0 aliphatic carbocycles. The molecule has 7 nitrogen and oxygen atoms in total. The fourth-order valence-electron chi connectivity index (χ4n) is 3.23. The van der Waals surface area contributed by atoms with Crippen LogP contribution in [0.4, 0.5) is 10.1 Å². The van der Waals surface area contributed by atoms with Crippen LogP contribution in [0.15, 0.2) is 42.5 Å². The second kappa shape index (κ2) is 11.5. The Balaban J connectivity index is 2.43. The summed E-state index contributed by atoms with van der Waals surface area (Å²) in [5.74, 6) is -1.59. The van der Waals surface area contributed by atoms with E-state index in [1.165, 1.54) is 36.1 Å². The highest BCUT2D eigenvalue weighted by Gasteiger charge is 2.31. The molecule has 2 rings (SSSR count). The van der Waals surface area contributed by atoms with E-state index in [2.05, 4.69) is 5.32 Å². The Labute approximate surface area is 199 Å². The van der Waals surface area contributed by atoms with Gasteiger partial charge in [0.05, 0.1) is 11.9 Å². The number of nitrogens with zero attached hydrogens (tertiary/aromatic N) is 2. The number of carbonyl (C=O) groups is 2. The van der Waals surface area contributed by atoms with Crippen LogP contribution in [0.3, 0.4) is 0 Å². The molecule has 2 aromatic rings. The summed E-state index contributed by atoms with van der Waals surface area (Å²) in [5, 5.41) is 3.04. The van der Waals surface area contributed by atoms with Gasteiger partial charge in [0.15, 0.2) is 0 Å². The SMILES string of the molecule is CCCNC(=O)[C@H](C)N(Cc1ccccc1F)C(=O)CN(c1cc(Cl)ccc1C)S(C)(=O)=O. The Bertz CT molecular complexity index is 1110. The normalized spacial score (nSPS) is 12.2. The van der Waals surface area contributed by atoms with Crippen molar-refractivity contribution in [2.75, 3.05) is 23.7 Å². The van der Waals surface area contributed by atoms with Crippen molar-refractivity contribution in [3.63, 3.8) is 0 Å². The third-order valence-electron chi connectivity index (χ3n) is 5.13. The average Bonchev–Trinajstić information content (AvgIpc) is 2.75. The van der Waals surface area contributed by atoms with Crippen LogP contribution in [0.2, 0.25) is 5.02 Å². The zero-order chi connectivity index (χ0) is 24.8. The van der Waals surface area contributed by atoms with Crippen LogP contribution in [0.25, 0.3) is 0 Å². The van der Waals surface area contributed by atoms with Crippen LogP contribution in [0, 0.1) is 12.7 Å². The molecule has 0 heterocycles. The molecule has 0 bridgehead atoms. The van der Waals surface area contributed by atoms with Gasteiger partial charge in [-0.2, -0.15) is 0 Å². The summed E-state index contributed by atoms with van der Waals surface area (Å²) in [6.07, 6.45) is 1.69. The molecule has 0 aromatic heterocycles. The lowest BCUT2D eigenvalue weighted by Crippen LogP contribution is -2.51. The van der Waals surface area contributed by atoms with Crippen LogP contribution in [0.5, 0.6) is 0 Å². The third kappa shape index (κ3) is 7.17.